The summed E-state index contributed by atoms with van der Waals surface area (Å²) in [4.78, 5) is 21.0. The Bertz CT molecular complexity index is 527. The van der Waals surface area contributed by atoms with Gasteiger partial charge in [0.25, 0.3) is 0 Å². The van der Waals surface area contributed by atoms with E-state index in [1.807, 2.05) is 0 Å². The van der Waals surface area contributed by atoms with Crippen LogP contribution < -0.4 is 4.90 Å². The first kappa shape index (κ1) is 12.7. The first-order chi connectivity index (χ1) is 8.52. The quantitative estimate of drug-likeness (QED) is 0.670. The molecule has 2 heterocycles. The zero-order chi connectivity index (χ0) is 13.2. The molecule has 0 atom stereocenters. The molecule has 0 spiro atoms. The van der Waals surface area contributed by atoms with Crippen molar-refractivity contribution < 1.29 is 17.9 Å². The molecule has 1 aromatic rings. The number of ether oxygens (including phenoxy) is 1. The molecule has 0 radical (unpaired) electrons. The molecule has 8 heteroatoms. The van der Waals surface area contributed by atoms with Crippen molar-refractivity contribution in [1.82, 2.24) is 9.97 Å². The number of nitrogens with zero attached hydrogens (tertiary/aromatic N) is 3. The van der Waals surface area contributed by atoms with Crippen LogP contribution in [0, 0.1) is 0 Å². The second-order valence-corrected chi connectivity index (χ2v) is 6.21. The third-order valence-corrected chi connectivity index (χ3v) is 4.30. The van der Waals surface area contributed by atoms with Crippen molar-refractivity contribution in [3.8, 4) is 0 Å². The van der Waals surface area contributed by atoms with Crippen molar-refractivity contribution in [2.45, 2.75) is 0 Å². The zero-order valence-electron chi connectivity index (χ0n) is 9.87. The van der Waals surface area contributed by atoms with Gasteiger partial charge >= 0.3 is 5.97 Å². The van der Waals surface area contributed by atoms with Gasteiger partial charge in [0.05, 0.1) is 24.2 Å². The van der Waals surface area contributed by atoms with Gasteiger partial charge in [0.2, 0.25) is 5.95 Å². The summed E-state index contributed by atoms with van der Waals surface area (Å²) in [6.45, 7) is 0.750. The summed E-state index contributed by atoms with van der Waals surface area (Å²) < 4.78 is 27.1. The average molecular weight is 271 g/mol. The Hall–Kier alpha value is -1.70. The number of carbonyl (C=O) groups excluding carboxylic acids is 1. The Labute approximate surface area is 105 Å². The molecular formula is C10H13N3O4S. The normalized spacial score (nSPS) is 18.4. The van der Waals surface area contributed by atoms with Crippen molar-refractivity contribution in [3.05, 3.63) is 18.0 Å². The molecule has 0 N–H and O–H groups in total. The van der Waals surface area contributed by atoms with Crippen molar-refractivity contribution in [3.63, 3.8) is 0 Å². The van der Waals surface area contributed by atoms with E-state index in [9.17, 15) is 13.2 Å². The molecule has 1 fully saturated rings. The molecule has 1 saturated heterocycles. The maximum absolute atomic E-state index is 11.3. The zero-order valence-corrected chi connectivity index (χ0v) is 10.7. The lowest BCUT2D eigenvalue weighted by molar-refractivity contribution is 0.0600. The summed E-state index contributed by atoms with van der Waals surface area (Å²) in [5.74, 6) is 0.143. The summed E-state index contributed by atoms with van der Waals surface area (Å²) in [6, 6.07) is 0. The summed E-state index contributed by atoms with van der Waals surface area (Å²) in [5, 5.41) is 0. The van der Waals surface area contributed by atoms with Gasteiger partial charge in [0, 0.05) is 25.5 Å². The SMILES string of the molecule is COC(=O)c1cnc(N2CCS(=O)(=O)CC2)nc1. The Balaban J connectivity index is 2.09. The molecule has 0 unspecified atom stereocenters. The number of sulfone groups is 1. The molecule has 0 saturated carbocycles. The highest BCUT2D eigenvalue weighted by molar-refractivity contribution is 7.91. The van der Waals surface area contributed by atoms with E-state index in [0.717, 1.165) is 0 Å². The van der Waals surface area contributed by atoms with Gasteiger partial charge in [-0.3, -0.25) is 0 Å². The molecule has 0 aliphatic carbocycles. The van der Waals surface area contributed by atoms with Crippen LogP contribution >= 0.6 is 0 Å². The topological polar surface area (TPSA) is 89.5 Å². The van der Waals surface area contributed by atoms with E-state index in [-0.39, 0.29) is 17.1 Å². The number of rotatable bonds is 2. The van der Waals surface area contributed by atoms with E-state index in [0.29, 0.717) is 19.0 Å². The van der Waals surface area contributed by atoms with E-state index in [1.54, 1.807) is 4.90 Å². The fraction of sp³-hybridized carbons (Fsp3) is 0.500. The number of carbonyl (C=O) groups is 1. The highest BCUT2D eigenvalue weighted by atomic mass is 32.2. The summed E-state index contributed by atoms with van der Waals surface area (Å²) in [5.41, 5.74) is 0.269. The van der Waals surface area contributed by atoms with Gasteiger partial charge in [-0.2, -0.15) is 0 Å². The number of hydrogen-bond donors (Lipinski definition) is 0. The van der Waals surface area contributed by atoms with E-state index >= 15 is 0 Å². The Morgan fingerprint density at radius 2 is 1.83 bits per heavy atom. The minimum absolute atomic E-state index is 0.106. The van der Waals surface area contributed by atoms with Crippen LogP contribution in [0.5, 0.6) is 0 Å². The van der Waals surface area contributed by atoms with Crippen molar-refractivity contribution in [1.29, 1.82) is 0 Å². The predicted octanol–water partition coefficient (Wildman–Crippen LogP) is -0.502. The lowest BCUT2D eigenvalue weighted by Crippen LogP contribution is -2.41. The van der Waals surface area contributed by atoms with Gasteiger partial charge in [-0.15, -0.1) is 0 Å². The fourth-order valence-electron chi connectivity index (χ4n) is 1.62. The van der Waals surface area contributed by atoms with Gasteiger partial charge in [-0.25, -0.2) is 23.2 Å². The van der Waals surface area contributed by atoms with Gasteiger partial charge in [0.1, 0.15) is 0 Å². The highest BCUT2D eigenvalue weighted by Crippen LogP contribution is 2.12. The number of esters is 1. The van der Waals surface area contributed by atoms with Crippen molar-refractivity contribution in [2.24, 2.45) is 0 Å². The second kappa shape index (κ2) is 4.89. The van der Waals surface area contributed by atoms with Crippen LogP contribution in [0.1, 0.15) is 10.4 Å². The molecule has 1 aliphatic heterocycles. The maximum Gasteiger partial charge on any atom is 0.341 e. The minimum Gasteiger partial charge on any atom is -0.465 e. The molecular weight excluding hydrogens is 258 g/mol. The van der Waals surface area contributed by atoms with Gasteiger partial charge < -0.3 is 9.64 Å². The van der Waals surface area contributed by atoms with E-state index in [4.69, 9.17) is 0 Å². The Kier molecular flexibility index (Phi) is 3.46. The van der Waals surface area contributed by atoms with Gasteiger partial charge in [-0.05, 0) is 0 Å². The van der Waals surface area contributed by atoms with E-state index in [1.165, 1.54) is 19.5 Å². The van der Waals surface area contributed by atoms with Crippen LogP contribution in [0.2, 0.25) is 0 Å². The van der Waals surface area contributed by atoms with Crippen molar-refractivity contribution in [2.75, 3.05) is 36.6 Å². The third-order valence-electron chi connectivity index (χ3n) is 2.69. The number of methoxy groups -OCH3 is 1. The highest BCUT2D eigenvalue weighted by Gasteiger charge is 2.23. The van der Waals surface area contributed by atoms with Crippen LogP contribution in [0.25, 0.3) is 0 Å². The maximum atomic E-state index is 11.3. The average Bonchev–Trinajstić information content (AvgIpc) is 2.38. The third kappa shape index (κ3) is 2.76. The largest absolute Gasteiger partial charge is 0.465 e. The van der Waals surface area contributed by atoms with Gasteiger partial charge in [-0.1, -0.05) is 0 Å². The molecule has 7 nitrogen and oxygen atoms in total. The standard InChI is InChI=1S/C10H13N3O4S/c1-17-9(14)8-6-11-10(12-7-8)13-2-4-18(15,16)5-3-13/h6-7H,2-5H2,1H3. The minimum atomic E-state index is -2.92. The Morgan fingerprint density at radius 3 is 2.33 bits per heavy atom. The second-order valence-electron chi connectivity index (χ2n) is 3.90. The monoisotopic (exact) mass is 271 g/mol. The molecule has 0 bridgehead atoms. The van der Waals surface area contributed by atoms with Gasteiger partial charge in [0.15, 0.2) is 9.84 Å². The molecule has 18 heavy (non-hydrogen) atoms. The molecule has 1 aromatic heterocycles. The molecule has 0 aromatic carbocycles. The Morgan fingerprint density at radius 1 is 1.28 bits per heavy atom. The predicted molar refractivity (Wildman–Crippen MR) is 64.2 cm³/mol. The number of anilines is 1. The van der Waals surface area contributed by atoms with Crippen LogP contribution in [-0.4, -0.2) is 56.1 Å². The molecule has 1 aliphatic rings. The first-order valence-electron chi connectivity index (χ1n) is 5.37. The van der Waals surface area contributed by atoms with Crippen LogP contribution in [-0.2, 0) is 14.6 Å². The van der Waals surface area contributed by atoms with E-state index in [2.05, 4.69) is 14.7 Å². The smallest absolute Gasteiger partial charge is 0.341 e. The molecule has 0 amide bonds. The van der Waals surface area contributed by atoms with Crippen LogP contribution in [0.15, 0.2) is 12.4 Å². The van der Waals surface area contributed by atoms with Crippen LogP contribution in [0.3, 0.4) is 0 Å². The van der Waals surface area contributed by atoms with Crippen LogP contribution in [0.4, 0.5) is 5.95 Å². The molecule has 2 rings (SSSR count). The lowest BCUT2D eigenvalue weighted by atomic mass is 10.3. The summed E-state index contributed by atoms with van der Waals surface area (Å²) >= 11 is 0. The molecule has 98 valence electrons. The summed E-state index contributed by atoms with van der Waals surface area (Å²) in [6.07, 6.45) is 2.74. The number of hydrogen-bond acceptors (Lipinski definition) is 7. The van der Waals surface area contributed by atoms with Crippen molar-refractivity contribution >= 4 is 21.8 Å². The lowest BCUT2D eigenvalue weighted by Gasteiger charge is -2.26. The van der Waals surface area contributed by atoms with E-state index < -0.39 is 15.8 Å². The fourth-order valence-corrected chi connectivity index (χ4v) is 2.82. The summed E-state index contributed by atoms with van der Waals surface area (Å²) in [7, 11) is -1.64. The number of aromatic nitrogens is 2. The first-order valence-corrected chi connectivity index (χ1v) is 7.20.